The lowest BCUT2D eigenvalue weighted by Crippen LogP contribution is -2.57. The van der Waals surface area contributed by atoms with Gasteiger partial charge in [0, 0.05) is 30.9 Å². The molecule has 10 nitrogen and oxygen atoms in total. The van der Waals surface area contributed by atoms with E-state index in [0.29, 0.717) is 43.8 Å². The van der Waals surface area contributed by atoms with Crippen LogP contribution >= 0.6 is 0 Å². The summed E-state index contributed by atoms with van der Waals surface area (Å²) in [6.07, 6.45) is 3.04. The summed E-state index contributed by atoms with van der Waals surface area (Å²) < 4.78 is 10.0. The molecule has 34 heavy (non-hydrogen) atoms. The molecule has 0 bridgehead atoms. The first kappa shape index (κ1) is 25.1. The van der Waals surface area contributed by atoms with Crippen LogP contribution in [0.15, 0.2) is 35.9 Å². The largest absolute Gasteiger partial charge is 0.497 e. The van der Waals surface area contributed by atoms with E-state index in [1.807, 2.05) is 0 Å². The smallest absolute Gasteiger partial charge is 0.328 e. The van der Waals surface area contributed by atoms with Crippen molar-refractivity contribution in [3.8, 4) is 5.75 Å². The zero-order valence-corrected chi connectivity index (χ0v) is 20.0. The lowest BCUT2D eigenvalue weighted by Gasteiger charge is -2.32. The van der Waals surface area contributed by atoms with Gasteiger partial charge in [0.1, 0.15) is 17.8 Å². The fraction of sp³-hybridized carbons (Fsp3) is 0.500. The molecule has 2 heterocycles. The standard InChI is InChI=1S/C24H32N4O6/c1-15(2)13-20(29)28-12-10-18(26-24(32)25-16-7-5-8-17(14-16)33-3)21(28)22(30)27-11-6-9-19(27)23(31)34-4/h5,7-8,13-14,18-19,21H,6,9-12H2,1-4H3,(H2,25,26,32). The topological polar surface area (TPSA) is 117 Å². The number of carbonyl (C=O) groups excluding carboxylic acids is 4. The van der Waals surface area contributed by atoms with Crippen molar-refractivity contribution in [2.75, 3.05) is 32.6 Å². The van der Waals surface area contributed by atoms with E-state index in [1.165, 1.54) is 30.1 Å². The predicted molar refractivity (Wildman–Crippen MR) is 125 cm³/mol. The van der Waals surface area contributed by atoms with Crippen molar-refractivity contribution < 1.29 is 28.7 Å². The number of amides is 4. The van der Waals surface area contributed by atoms with E-state index < -0.39 is 30.1 Å². The molecule has 3 unspecified atom stereocenters. The zero-order chi connectivity index (χ0) is 24.8. The van der Waals surface area contributed by atoms with Crippen molar-refractivity contribution in [2.24, 2.45) is 0 Å². The molecule has 2 aliphatic heterocycles. The second kappa shape index (κ2) is 11.0. The predicted octanol–water partition coefficient (Wildman–Crippen LogP) is 1.92. The molecule has 184 valence electrons. The third-order valence-electron chi connectivity index (χ3n) is 6.00. The van der Waals surface area contributed by atoms with Crippen LogP contribution in [-0.4, -0.2) is 79.0 Å². The first-order valence-electron chi connectivity index (χ1n) is 11.3. The van der Waals surface area contributed by atoms with Crippen LogP contribution in [0, 0.1) is 0 Å². The number of carbonyl (C=O) groups is 4. The van der Waals surface area contributed by atoms with E-state index in [-0.39, 0.29) is 11.8 Å². The average Bonchev–Trinajstić information content (AvgIpc) is 3.45. The van der Waals surface area contributed by atoms with Crippen molar-refractivity contribution in [3.63, 3.8) is 0 Å². The van der Waals surface area contributed by atoms with Crippen LogP contribution in [0.4, 0.5) is 10.5 Å². The molecule has 0 spiro atoms. The fourth-order valence-corrected chi connectivity index (χ4v) is 4.44. The Morgan fingerprint density at radius 3 is 2.50 bits per heavy atom. The summed E-state index contributed by atoms with van der Waals surface area (Å²) in [5, 5.41) is 5.59. The number of methoxy groups -OCH3 is 2. The fourth-order valence-electron chi connectivity index (χ4n) is 4.44. The SMILES string of the molecule is COC(=O)C1CCCN1C(=O)C1C(NC(=O)Nc2cccc(OC)c2)CCN1C(=O)C=C(C)C. The average molecular weight is 473 g/mol. The van der Waals surface area contributed by atoms with Crippen LogP contribution in [0.2, 0.25) is 0 Å². The van der Waals surface area contributed by atoms with Crippen molar-refractivity contribution >= 4 is 29.5 Å². The highest BCUT2D eigenvalue weighted by molar-refractivity contribution is 5.97. The molecule has 3 rings (SSSR count). The van der Waals surface area contributed by atoms with Crippen LogP contribution in [-0.2, 0) is 19.1 Å². The van der Waals surface area contributed by atoms with Crippen molar-refractivity contribution in [1.29, 1.82) is 0 Å². The summed E-state index contributed by atoms with van der Waals surface area (Å²) in [6.45, 7) is 4.30. The molecule has 0 aliphatic carbocycles. The number of esters is 1. The van der Waals surface area contributed by atoms with Gasteiger partial charge in [-0.25, -0.2) is 9.59 Å². The number of nitrogens with one attached hydrogen (secondary N) is 2. The minimum atomic E-state index is -0.926. The molecule has 0 aromatic heterocycles. The molecular weight excluding hydrogens is 440 g/mol. The monoisotopic (exact) mass is 472 g/mol. The summed E-state index contributed by atoms with van der Waals surface area (Å²) in [5.74, 6) is -0.559. The molecule has 2 aliphatic rings. The lowest BCUT2D eigenvalue weighted by atomic mass is 10.1. The molecule has 2 N–H and O–H groups in total. The van der Waals surface area contributed by atoms with Gasteiger partial charge >= 0.3 is 12.0 Å². The van der Waals surface area contributed by atoms with Crippen molar-refractivity contribution in [2.45, 2.75) is 51.2 Å². The van der Waals surface area contributed by atoms with Crippen LogP contribution < -0.4 is 15.4 Å². The molecule has 10 heteroatoms. The summed E-state index contributed by atoms with van der Waals surface area (Å²) >= 11 is 0. The summed E-state index contributed by atoms with van der Waals surface area (Å²) in [4.78, 5) is 54.4. The van der Waals surface area contributed by atoms with Gasteiger partial charge in [0.15, 0.2) is 0 Å². The molecule has 2 fully saturated rings. The number of hydrogen-bond acceptors (Lipinski definition) is 6. The highest BCUT2D eigenvalue weighted by Gasteiger charge is 2.47. The Balaban J connectivity index is 1.81. The number of nitrogens with zero attached hydrogens (tertiary/aromatic N) is 2. The summed E-state index contributed by atoms with van der Waals surface area (Å²) in [7, 11) is 2.82. The van der Waals surface area contributed by atoms with Gasteiger partial charge in [-0.2, -0.15) is 0 Å². The number of benzene rings is 1. The first-order chi connectivity index (χ1) is 16.2. The maximum absolute atomic E-state index is 13.6. The van der Waals surface area contributed by atoms with Gasteiger partial charge in [0.05, 0.1) is 20.3 Å². The maximum atomic E-state index is 13.6. The number of anilines is 1. The highest BCUT2D eigenvalue weighted by atomic mass is 16.5. The Labute approximate surface area is 199 Å². The van der Waals surface area contributed by atoms with Crippen LogP contribution in [0.3, 0.4) is 0 Å². The van der Waals surface area contributed by atoms with Gasteiger partial charge in [-0.15, -0.1) is 0 Å². The molecule has 2 saturated heterocycles. The lowest BCUT2D eigenvalue weighted by molar-refractivity contribution is -0.153. The quantitative estimate of drug-likeness (QED) is 0.483. The molecule has 3 atom stereocenters. The number of urea groups is 1. The van der Waals surface area contributed by atoms with E-state index in [2.05, 4.69) is 10.6 Å². The normalized spacial score (nSPS) is 21.6. The molecule has 4 amide bonds. The first-order valence-corrected chi connectivity index (χ1v) is 11.3. The van der Waals surface area contributed by atoms with Crippen molar-refractivity contribution in [3.05, 3.63) is 35.9 Å². The van der Waals surface area contributed by atoms with E-state index >= 15 is 0 Å². The van der Waals surface area contributed by atoms with E-state index in [4.69, 9.17) is 9.47 Å². The molecular formula is C24H32N4O6. The van der Waals surface area contributed by atoms with Gasteiger partial charge < -0.3 is 29.9 Å². The number of rotatable bonds is 6. The molecule has 1 aromatic rings. The minimum absolute atomic E-state index is 0.301. The third kappa shape index (κ3) is 5.67. The Morgan fingerprint density at radius 1 is 1.06 bits per heavy atom. The van der Waals surface area contributed by atoms with E-state index in [1.54, 1.807) is 38.1 Å². The Kier molecular flexibility index (Phi) is 8.14. The van der Waals surface area contributed by atoms with Gasteiger partial charge in [-0.3, -0.25) is 9.59 Å². The van der Waals surface area contributed by atoms with Crippen LogP contribution in [0.5, 0.6) is 5.75 Å². The summed E-state index contributed by atoms with van der Waals surface area (Å²) in [6, 6.07) is 4.16. The van der Waals surface area contributed by atoms with Gasteiger partial charge in [0.25, 0.3) is 0 Å². The van der Waals surface area contributed by atoms with Crippen LogP contribution in [0.1, 0.15) is 33.1 Å². The van der Waals surface area contributed by atoms with Crippen LogP contribution in [0.25, 0.3) is 0 Å². The number of allylic oxidation sites excluding steroid dienone is 1. The van der Waals surface area contributed by atoms with Gasteiger partial charge in [0.2, 0.25) is 11.8 Å². The van der Waals surface area contributed by atoms with Crippen molar-refractivity contribution in [1.82, 2.24) is 15.1 Å². The Bertz CT molecular complexity index is 974. The van der Waals surface area contributed by atoms with E-state index in [9.17, 15) is 19.2 Å². The van der Waals surface area contributed by atoms with Gasteiger partial charge in [-0.1, -0.05) is 11.6 Å². The highest BCUT2D eigenvalue weighted by Crippen LogP contribution is 2.27. The zero-order valence-electron chi connectivity index (χ0n) is 20.0. The molecule has 0 radical (unpaired) electrons. The van der Waals surface area contributed by atoms with E-state index in [0.717, 1.165) is 5.57 Å². The Hall–Kier alpha value is -3.56. The second-order valence-corrected chi connectivity index (χ2v) is 8.64. The molecule has 1 aromatic carbocycles. The molecule has 0 saturated carbocycles. The number of ether oxygens (including phenoxy) is 2. The number of hydrogen-bond donors (Lipinski definition) is 2. The number of likely N-dealkylation sites (tertiary alicyclic amines) is 2. The Morgan fingerprint density at radius 2 is 1.82 bits per heavy atom. The third-order valence-corrected chi connectivity index (χ3v) is 6.00. The van der Waals surface area contributed by atoms with Gasteiger partial charge in [-0.05, 0) is 45.2 Å². The minimum Gasteiger partial charge on any atom is -0.497 e. The second-order valence-electron chi connectivity index (χ2n) is 8.64. The maximum Gasteiger partial charge on any atom is 0.328 e. The summed E-state index contributed by atoms with van der Waals surface area (Å²) in [5.41, 5.74) is 1.33.